The molecule has 0 bridgehead atoms. The molecule has 28 heavy (non-hydrogen) atoms. The van der Waals surface area contributed by atoms with E-state index in [1.165, 1.54) is 0 Å². The molecule has 0 saturated heterocycles. The second kappa shape index (κ2) is 9.14. The van der Waals surface area contributed by atoms with E-state index in [0.29, 0.717) is 12.4 Å². The number of fused-ring (bicyclic) bond motifs is 1. The van der Waals surface area contributed by atoms with E-state index in [1.54, 1.807) is 42.5 Å². The lowest BCUT2D eigenvalue weighted by atomic mass is 10.0. The van der Waals surface area contributed by atoms with Gasteiger partial charge in [0.2, 0.25) is 0 Å². The molecule has 3 rings (SSSR count). The zero-order chi connectivity index (χ0) is 19.9. The molecule has 0 aromatic heterocycles. The summed E-state index contributed by atoms with van der Waals surface area (Å²) in [5.41, 5.74) is 1.51. The SMILES string of the molecule is C=CCCc1ccc(C(F)=C(F)c2ccc3cc(OCC=C)ccc3c2)cc1. The minimum Gasteiger partial charge on any atom is -0.490 e. The number of hydrogen-bond acceptors (Lipinski definition) is 1. The topological polar surface area (TPSA) is 9.23 Å². The second-order valence-electron chi connectivity index (χ2n) is 6.48. The standard InChI is InChI=1S/C25H22F2O/c1-3-5-6-18-7-9-19(10-8-18)24(26)25(27)22-12-11-21-17-23(28-15-4-2)14-13-20(21)16-22/h3-4,7-14,16-17H,1-2,5-6,15H2. The van der Waals surface area contributed by atoms with Crippen LogP contribution in [0.15, 0.2) is 86.0 Å². The van der Waals surface area contributed by atoms with E-state index >= 15 is 0 Å². The first-order valence-electron chi connectivity index (χ1n) is 9.15. The monoisotopic (exact) mass is 376 g/mol. The van der Waals surface area contributed by atoms with Gasteiger partial charge in [0.05, 0.1) is 0 Å². The number of hydrogen-bond donors (Lipinski definition) is 0. The lowest BCUT2D eigenvalue weighted by molar-refractivity contribution is 0.364. The Balaban J connectivity index is 1.87. The quantitative estimate of drug-likeness (QED) is 0.296. The third kappa shape index (κ3) is 4.55. The van der Waals surface area contributed by atoms with Crippen LogP contribution in [-0.4, -0.2) is 6.61 Å². The number of halogens is 2. The van der Waals surface area contributed by atoms with Gasteiger partial charge in [0, 0.05) is 11.1 Å². The lowest BCUT2D eigenvalue weighted by Gasteiger charge is -2.07. The molecule has 0 spiro atoms. The van der Waals surface area contributed by atoms with Gasteiger partial charge >= 0.3 is 0 Å². The van der Waals surface area contributed by atoms with Crippen molar-refractivity contribution in [3.8, 4) is 5.75 Å². The number of aryl methyl sites for hydroxylation is 1. The Labute approximate surface area is 164 Å². The molecule has 0 fully saturated rings. The van der Waals surface area contributed by atoms with Crippen LogP contribution in [0.4, 0.5) is 8.78 Å². The Morgan fingerprint density at radius 3 is 2.14 bits per heavy atom. The van der Waals surface area contributed by atoms with Crippen LogP contribution in [0.2, 0.25) is 0 Å². The molecule has 3 aromatic carbocycles. The van der Waals surface area contributed by atoms with E-state index < -0.39 is 11.7 Å². The Bertz CT molecular complexity index is 1020. The van der Waals surface area contributed by atoms with E-state index in [2.05, 4.69) is 13.2 Å². The van der Waals surface area contributed by atoms with Crippen molar-refractivity contribution in [3.63, 3.8) is 0 Å². The van der Waals surface area contributed by atoms with Crippen LogP contribution in [0.25, 0.3) is 22.4 Å². The minimum absolute atomic E-state index is 0.209. The first kappa shape index (κ1) is 19.6. The fourth-order valence-corrected chi connectivity index (χ4v) is 2.95. The highest BCUT2D eigenvalue weighted by molar-refractivity contribution is 5.90. The zero-order valence-electron chi connectivity index (χ0n) is 15.6. The molecule has 1 nitrogen and oxygen atoms in total. The summed E-state index contributed by atoms with van der Waals surface area (Å²) in [6.45, 7) is 7.72. The molecule has 3 heteroatoms. The van der Waals surface area contributed by atoms with Crippen molar-refractivity contribution < 1.29 is 13.5 Å². The van der Waals surface area contributed by atoms with E-state index in [-0.39, 0.29) is 11.1 Å². The highest BCUT2D eigenvalue weighted by Crippen LogP contribution is 2.31. The van der Waals surface area contributed by atoms with E-state index in [4.69, 9.17) is 4.74 Å². The highest BCUT2D eigenvalue weighted by Gasteiger charge is 2.12. The van der Waals surface area contributed by atoms with E-state index in [0.717, 1.165) is 29.2 Å². The molecular formula is C25H22F2O. The maximum Gasteiger partial charge on any atom is 0.166 e. The van der Waals surface area contributed by atoms with Gasteiger partial charge in [0.25, 0.3) is 0 Å². The lowest BCUT2D eigenvalue weighted by Crippen LogP contribution is -1.92. The second-order valence-corrected chi connectivity index (χ2v) is 6.48. The number of allylic oxidation sites excluding steroid dienone is 1. The van der Waals surface area contributed by atoms with Gasteiger partial charge in [0.15, 0.2) is 11.7 Å². The van der Waals surface area contributed by atoms with Crippen molar-refractivity contribution in [2.45, 2.75) is 12.8 Å². The summed E-state index contributed by atoms with van der Waals surface area (Å²) < 4.78 is 34.9. The summed E-state index contributed by atoms with van der Waals surface area (Å²) in [7, 11) is 0. The largest absolute Gasteiger partial charge is 0.490 e. The fraction of sp³-hybridized carbons (Fsp3) is 0.120. The summed E-state index contributed by atoms with van der Waals surface area (Å²) in [6, 6.07) is 17.3. The van der Waals surface area contributed by atoms with Crippen LogP contribution in [0.5, 0.6) is 5.75 Å². The highest BCUT2D eigenvalue weighted by atomic mass is 19.2. The van der Waals surface area contributed by atoms with Crippen LogP contribution < -0.4 is 4.74 Å². The van der Waals surface area contributed by atoms with Crippen LogP contribution in [0.1, 0.15) is 23.1 Å². The molecule has 0 amide bonds. The van der Waals surface area contributed by atoms with Gasteiger partial charge in [-0.3, -0.25) is 0 Å². The van der Waals surface area contributed by atoms with Gasteiger partial charge < -0.3 is 4.74 Å². The van der Waals surface area contributed by atoms with Gasteiger partial charge in [-0.1, -0.05) is 61.2 Å². The average Bonchev–Trinajstić information content (AvgIpc) is 2.75. The summed E-state index contributed by atoms with van der Waals surface area (Å²) >= 11 is 0. The van der Waals surface area contributed by atoms with Gasteiger partial charge in [-0.25, -0.2) is 8.78 Å². The fourth-order valence-electron chi connectivity index (χ4n) is 2.95. The Morgan fingerprint density at radius 1 is 0.786 bits per heavy atom. The molecule has 0 N–H and O–H groups in total. The third-order valence-electron chi connectivity index (χ3n) is 4.47. The Morgan fingerprint density at radius 2 is 1.43 bits per heavy atom. The molecular weight excluding hydrogens is 354 g/mol. The number of ether oxygens (including phenoxy) is 1. The summed E-state index contributed by atoms with van der Waals surface area (Å²) in [5.74, 6) is -1.02. The number of rotatable bonds is 8. The first-order chi connectivity index (χ1) is 13.6. The Hall–Kier alpha value is -3.20. The molecule has 0 aliphatic carbocycles. The molecule has 0 heterocycles. The number of benzene rings is 3. The summed E-state index contributed by atoms with van der Waals surface area (Å²) in [5, 5.41) is 1.70. The van der Waals surface area contributed by atoms with Gasteiger partial charge in [-0.2, -0.15) is 0 Å². The van der Waals surface area contributed by atoms with E-state index in [9.17, 15) is 8.78 Å². The molecule has 0 aliphatic rings. The molecule has 3 aromatic rings. The maximum atomic E-state index is 14.7. The first-order valence-corrected chi connectivity index (χ1v) is 9.15. The van der Waals surface area contributed by atoms with Crippen molar-refractivity contribution in [2.75, 3.05) is 6.61 Å². The van der Waals surface area contributed by atoms with Crippen molar-refractivity contribution in [3.05, 3.63) is 103 Å². The minimum atomic E-state index is -0.868. The van der Waals surface area contributed by atoms with Crippen LogP contribution in [-0.2, 0) is 6.42 Å². The predicted octanol–water partition coefficient (Wildman–Crippen LogP) is 7.29. The van der Waals surface area contributed by atoms with Crippen molar-refractivity contribution >= 4 is 22.4 Å². The third-order valence-corrected chi connectivity index (χ3v) is 4.47. The maximum absolute atomic E-state index is 14.7. The smallest absolute Gasteiger partial charge is 0.166 e. The van der Waals surface area contributed by atoms with Crippen molar-refractivity contribution in [1.82, 2.24) is 0 Å². The van der Waals surface area contributed by atoms with E-state index in [1.807, 2.05) is 30.3 Å². The van der Waals surface area contributed by atoms with Crippen molar-refractivity contribution in [1.29, 1.82) is 0 Å². The molecule has 0 saturated carbocycles. The van der Waals surface area contributed by atoms with Gasteiger partial charge in [0.1, 0.15) is 12.4 Å². The summed E-state index contributed by atoms with van der Waals surface area (Å²) in [6.07, 6.45) is 5.19. The van der Waals surface area contributed by atoms with Crippen LogP contribution in [0.3, 0.4) is 0 Å². The summed E-state index contributed by atoms with van der Waals surface area (Å²) in [4.78, 5) is 0. The predicted molar refractivity (Wildman–Crippen MR) is 114 cm³/mol. The van der Waals surface area contributed by atoms with Crippen LogP contribution in [0, 0.1) is 0 Å². The Kier molecular flexibility index (Phi) is 6.38. The van der Waals surface area contributed by atoms with Gasteiger partial charge in [-0.05, 0) is 47.4 Å². The molecule has 0 atom stereocenters. The van der Waals surface area contributed by atoms with Gasteiger partial charge in [-0.15, -0.1) is 6.58 Å². The molecule has 0 radical (unpaired) electrons. The zero-order valence-corrected chi connectivity index (χ0v) is 15.6. The average molecular weight is 376 g/mol. The molecule has 142 valence electrons. The normalized spacial score (nSPS) is 11.8. The molecule has 0 unspecified atom stereocenters. The van der Waals surface area contributed by atoms with Crippen molar-refractivity contribution in [2.24, 2.45) is 0 Å². The van der Waals surface area contributed by atoms with Crippen LogP contribution >= 0.6 is 0 Å². The molecule has 0 aliphatic heterocycles.